The van der Waals surface area contributed by atoms with E-state index in [9.17, 15) is 5.11 Å². The number of rotatable bonds is 3. The van der Waals surface area contributed by atoms with Gasteiger partial charge in [-0.3, -0.25) is 9.88 Å². The zero-order valence-electron chi connectivity index (χ0n) is 13.1. The van der Waals surface area contributed by atoms with Crippen molar-refractivity contribution >= 4 is 28.3 Å². The second-order valence-corrected chi connectivity index (χ2v) is 7.01. The van der Waals surface area contributed by atoms with E-state index in [1.54, 1.807) is 17.7 Å². The molecule has 3 aromatic rings. The van der Waals surface area contributed by atoms with Gasteiger partial charge < -0.3 is 15.4 Å². The van der Waals surface area contributed by atoms with Crippen molar-refractivity contribution in [3.8, 4) is 0 Å². The molecule has 24 heavy (non-hydrogen) atoms. The van der Waals surface area contributed by atoms with E-state index in [2.05, 4.69) is 24.8 Å². The first-order chi connectivity index (χ1) is 11.7. The highest BCUT2D eigenvalue weighted by molar-refractivity contribution is 7.09. The molecule has 1 aliphatic heterocycles. The van der Waals surface area contributed by atoms with Crippen LogP contribution < -0.4 is 5.73 Å². The molecule has 0 unspecified atom stereocenters. The van der Waals surface area contributed by atoms with Gasteiger partial charge in [0.1, 0.15) is 11.8 Å². The molecule has 3 aromatic heterocycles. The molecule has 0 aliphatic carbocycles. The minimum atomic E-state index is -0.440. The average Bonchev–Trinajstić information content (AvgIpc) is 3.19. The first kappa shape index (κ1) is 15.4. The minimum absolute atomic E-state index is 0.0595. The van der Waals surface area contributed by atoms with Crippen molar-refractivity contribution in [1.29, 1.82) is 0 Å². The summed E-state index contributed by atoms with van der Waals surface area (Å²) in [5, 5.41) is 10.6. The molecular weight excluding hydrogens is 326 g/mol. The molecule has 4 heterocycles. The highest BCUT2D eigenvalue weighted by atomic mass is 32.1. The van der Waals surface area contributed by atoms with Crippen LogP contribution in [0.25, 0.3) is 11.2 Å². The average molecular weight is 345 g/mol. The molecule has 4 rings (SSSR count). The van der Waals surface area contributed by atoms with E-state index in [1.807, 2.05) is 16.3 Å². The third-order valence-electron chi connectivity index (χ3n) is 4.53. The molecular formula is C15H19N7OS. The number of aliphatic hydroxyl groups excluding tert-OH is 1. The van der Waals surface area contributed by atoms with Gasteiger partial charge in [-0.2, -0.15) is 0 Å². The summed E-state index contributed by atoms with van der Waals surface area (Å²) in [5.41, 5.74) is 8.99. The molecule has 0 spiro atoms. The molecule has 1 fully saturated rings. The van der Waals surface area contributed by atoms with Crippen LogP contribution in [0.15, 0.2) is 24.4 Å². The molecule has 2 atom stereocenters. The number of anilines is 1. The van der Waals surface area contributed by atoms with Crippen molar-refractivity contribution in [1.82, 2.24) is 29.4 Å². The zero-order valence-corrected chi connectivity index (χ0v) is 13.9. The maximum atomic E-state index is 10.6. The Balaban J connectivity index is 1.55. The van der Waals surface area contributed by atoms with E-state index < -0.39 is 6.10 Å². The first-order valence-electron chi connectivity index (χ1n) is 7.93. The predicted octanol–water partition coefficient (Wildman–Crippen LogP) is 1.06. The Kier molecular flexibility index (Phi) is 4.13. The van der Waals surface area contributed by atoms with Crippen molar-refractivity contribution < 1.29 is 5.11 Å². The normalized spacial score (nSPS) is 22.7. The number of hydrogen-bond acceptors (Lipinski definition) is 8. The Morgan fingerprint density at radius 3 is 2.96 bits per heavy atom. The summed E-state index contributed by atoms with van der Waals surface area (Å²) in [6.07, 6.45) is 6.16. The molecule has 0 amide bonds. The van der Waals surface area contributed by atoms with Gasteiger partial charge >= 0.3 is 0 Å². The minimum Gasteiger partial charge on any atom is -0.391 e. The lowest BCUT2D eigenvalue weighted by Gasteiger charge is -2.21. The van der Waals surface area contributed by atoms with E-state index in [4.69, 9.17) is 5.73 Å². The standard InChI is InChI=1S/C15H19N7OS/c16-14-13-15(19-7-18-14)22(8-20-13)11-1-3-21(4-2-12(11)23)6-10-5-17-9-24-10/h5,7-9,11-12,23H,1-4,6H2,(H2,16,18,19)/t11-,12-/m0/s1. The lowest BCUT2D eigenvalue weighted by atomic mass is 10.1. The van der Waals surface area contributed by atoms with Crippen molar-refractivity contribution in [2.24, 2.45) is 0 Å². The molecule has 0 aromatic carbocycles. The Bertz CT molecular complexity index is 818. The summed E-state index contributed by atoms with van der Waals surface area (Å²) < 4.78 is 1.94. The molecule has 0 bridgehead atoms. The van der Waals surface area contributed by atoms with Gasteiger partial charge in [0.15, 0.2) is 11.5 Å². The number of thiazole rings is 1. The Hall–Kier alpha value is -2.10. The molecule has 1 aliphatic rings. The summed E-state index contributed by atoms with van der Waals surface area (Å²) in [7, 11) is 0. The maximum absolute atomic E-state index is 10.6. The maximum Gasteiger partial charge on any atom is 0.165 e. The van der Waals surface area contributed by atoms with Crippen LogP contribution in [-0.4, -0.2) is 53.7 Å². The fraction of sp³-hybridized carbons (Fsp3) is 0.467. The van der Waals surface area contributed by atoms with Crippen LogP contribution in [0.5, 0.6) is 0 Å². The Morgan fingerprint density at radius 2 is 2.12 bits per heavy atom. The van der Waals surface area contributed by atoms with Gasteiger partial charge in [0.25, 0.3) is 0 Å². The molecule has 0 saturated carbocycles. The van der Waals surface area contributed by atoms with E-state index in [0.717, 1.165) is 26.1 Å². The van der Waals surface area contributed by atoms with Gasteiger partial charge in [-0.05, 0) is 12.8 Å². The fourth-order valence-corrected chi connectivity index (χ4v) is 3.90. The number of likely N-dealkylation sites (tertiary alicyclic amines) is 1. The van der Waals surface area contributed by atoms with Gasteiger partial charge in [-0.15, -0.1) is 11.3 Å². The lowest BCUT2D eigenvalue weighted by Crippen LogP contribution is -2.24. The molecule has 3 N–H and O–H groups in total. The highest BCUT2D eigenvalue weighted by Gasteiger charge is 2.28. The molecule has 8 nitrogen and oxygen atoms in total. The van der Waals surface area contributed by atoms with Gasteiger partial charge in [0.05, 0.1) is 24.0 Å². The number of fused-ring (bicyclic) bond motifs is 1. The van der Waals surface area contributed by atoms with Crippen molar-refractivity contribution in [3.63, 3.8) is 0 Å². The summed E-state index contributed by atoms with van der Waals surface area (Å²) in [6.45, 7) is 2.64. The van der Waals surface area contributed by atoms with Gasteiger partial charge in [-0.25, -0.2) is 15.0 Å². The number of imidazole rings is 1. The number of nitrogen functional groups attached to an aromatic ring is 1. The van der Waals surface area contributed by atoms with Gasteiger partial charge in [-0.1, -0.05) is 0 Å². The van der Waals surface area contributed by atoms with Crippen LogP contribution >= 0.6 is 11.3 Å². The van der Waals surface area contributed by atoms with E-state index in [0.29, 0.717) is 23.4 Å². The van der Waals surface area contributed by atoms with Crippen LogP contribution in [0.3, 0.4) is 0 Å². The third-order valence-corrected chi connectivity index (χ3v) is 5.30. The van der Waals surface area contributed by atoms with Crippen molar-refractivity contribution in [2.45, 2.75) is 31.5 Å². The fourth-order valence-electron chi connectivity index (χ4n) is 3.26. The zero-order chi connectivity index (χ0) is 16.5. The Morgan fingerprint density at radius 1 is 1.25 bits per heavy atom. The summed E-state index contributed by atoms with van der Waals surface area (Å²) in [5.74, 6) is 0.369. The number of nitrogens with zero attached hydrogens (tertiary/aromatic N) is 6. The first-order valence-corrected chi connectivity index (χ1v) is 8.81. The van der Waals surface area contributed by atoms with E-state index in [-0.39, 0.29) is 6.04 Å². The summed E-state index contributed by atoms with van der Waals surface area (Å²) in [4.78, 5) is 20.3. The Labute approximate surface area is 143 Å². The van der Waals surface area contributed by atoms with Gasteiger partial charge in [0.2, 0.25) is 0 Å². The summed E-state index contributed by atoms with van der Waals surface area (Å²) >= 11 is 1.66. The molecule has 1 saturated heterocycles. The number of aliphatic hydroxyl groups is 1. The topological polar surface area (TPSA) is 106 Å². The number of aromatic nitrogens is 5. The molecule has 126 valence electrons. The van der Waals surface area contributed by atoms with Crippen LogP contribution in [0.4, 0.5) is 5.82 Å². The lowest BCUT2D eigenvalue weighted by molar-refractivity contribution is 0.109. The monoisotopic (exact) mass is 345 g/mol. The van der Waals surface area contributed by atoms with Crippen LogP contribution in [0.2, 0.25) is 0 Å². The predicted molar refractivity (Wildman–Crippen MR) is 91.4 cm³/mol. The molecule has 9 heteroatoms. The van der Waals surface area contributed by atoms with Crippen molar-refractivity contribution in [3.05, 3.63) is 29.2 Å². The number of nitrogens with two attached hydrogens (primary N) is 1. The van der Waals surface area contributed by atoms with E-state index >= 15 is 0 Å². The van der Waals surface area contributed by atoms with Gasteiger partial charge in [0, 0.05) is 30.7 Å². The van der Waals surface area contributed by atoms with Crippen LogP contribution in [-0.2, 0) is 6.54 Å². The SMILES string of the molecule is Nc1ncnc2c1ncn2[C@H]1CCN(Cc2cncs2)CC[C@@H]1O. The smallest absolute Gasteiger partial charge is 0.165 e. The quantitative estimate of drug-likeness (QED) is 0.731. The van der Waals surface area contributed by atoms with E-state index in [1.165, 1.54) is 11.2 Å². The third kappa shape index (κ3) is 2.85. The second-order valence-electron chi connectivity index (χ2n) is 6.04. The highest BCUT2D eigenvalue weighted by Crippen LogP contribution is 2.28. The van der Waals surface area contributed by atoms with Crippen LogP contribution in [0, 0.1) is 0 Å². The van der Waals surface area contributed by atoms with Crippen LogP contribution in [0.1, 0.15) is 23.8 Å². The molecule has 0 radical (unpaired) electrons. The summed E-state index contributed by atoms with van der Waals surface area (Å²) in [6, 6.07) is -0.0595. The number of hydrogen-bond donors (Lipinski definition) is 2. The van der Waals surface area contributed by atoms with Crippen molar-refractivity contribution in [2.75, 3.05) is 18.8 Å². The largest absolute Gasteiger partial charge is 0.391 e. The second kappa shape index (κ2) is 6.42.